The van der Waals surface area contributed by atoms with E-state index < -0.39 is 10.9 Å². The molecule has 2 aromatic rings. The number of aliphatic imine (C=N–C) groups is 1. The lowest BCUT2D eigenvalue weighted by Crippen LogP contribution is -2.10. The largest absolute Gasteiger partial charge is 0.402 e. The van der Waals surface area contributed by atoms with Crippen LogP contribution in [-0.2, 0) is 14.9 Å². The van der Waals surface area contributed by atoms with Crippen LogP contribution >= 0.6 is 0 Å². The van der Waals surface area contributed by atoms with Crippen LogP contribution in [0.5, 0.6) is 0 Å². The molecule has 0 atom stereocenters. The number of nitrogens with zero attached hydrogens (tertiary/aromatic N) is 2. The first kappa shape index (κ1) is 18.5. The van der Waals surface area contributed by atoms with Crippen LogP contribution in [0.1, 0.15) is 43.0 Å². The van der Waals surface area contributed by atoms with E-state index >= 15 is 0 Å². The number of carbonyl (C=O) groups excluding carboxylic acids is 1. The van der Waals surface area contributed by atoms with Crippen molar-refractivity contribution in [3.8, 4) is 0 Å². The lowest BCUT2D eigenvalue weighted by atomic mass is 9.87. The molecule has 6 nitrogen and oxygen atoms in total. The summed E-state index contributed by atoms with van der Waals surface area (Å²) in [6.07, 6.45) is 1.64. The van der Waals surface area contributed by atoms with E-state index in [4.69, 9.17) is 4.74 Å². The maximum atomic E-state index is 12.1. The number of nitro groups is 1. The highest BCUT2D eigenvalue weighted by atomic mass is 16.6. The second-order valence-corrected chi connectivity index (χ2v) is 7.47. The first-order valence-electron chi connectivity index (χ1n) is 8.54. The molecular formula is C21H20N2O4. The van der Waals surface area contributed by atoms with Crippen molar-refractivity contribution in [1.29, 1.82) is 0 Å². The van der Waals surface area contributed by atoms with Crippen LogP contribution in [0.3, 0.4) is 0 Å². The first-order chi connectivity index (χ1) is 12.6. The zero-order chi connectivity index (χ0) is 19.8. The summed E-state index contributed by atoms with van der Waals surface area (Å²) in [5.74, 6) is -0.506. The number of hydrogen-bond donors (Lipinski definition) is 0. The summed E-state index contributed by atoms with van der Waals surface area (Å²) in [6.45, 7) is 8.04. The molecule has 0 radical (unpaired) electrons. The molecule has 0 saturated carbocycles. The highest BCUT2D eigenvalue weighted by Crippen LogP contribution is 2.25. The van der Waals surface area contributed by atoms with E-state index in [1.54, 1.807) is 25.1 Å². The van der Waals surface area contributed by atoms with Gasteiger partial charge in [0.15, 0.2) is 5.70 Å². The van der Waals surface area contributed by atoms with Gasteiger partial charge in [-0.2, -0.15) is 0 Å². The fraction of sp³-hybridized carbons (Fsp3) is 0.238. The second kappa shape index (κ2) is 6.79. The third kappa shape index (κ3) is 3.95. The number of esters is 1. The maximum Gasteiger partial charge on any atom is 0.363 e. The number of nitro benzene ring substituents is 1. The number of cyclic esters (lactones) is 1. The Hall–Kier alpha value is -3.28. The van der Waals surface area contributed by atoms with Crippen LogP contribution in [0, 0.1) is 17.0 Å². The van der Waals surface area contributed by atoms with Gasteiger partial charge in [-0.05, 0) is 35.6 Å². The fourth-order valence-corrected chi connectivity index (χ4v) is 2.71. The van der Waals surface area contributed by atoms with Crippen LogP contribution < -0.4 is 0 Å². The Bertz CT molecular complexity index is 980. The maximum absolute atomic E-state index is 12.1. The lowest BCUT2D eigenvalue weighted by Gasteiger charge is -2.18. The molecule has 1 heterocycles. The van der Waals surface area contributed by atoms with Gasteiger partial charge in [0.05, 0.1) is 4.92 Å². The monoisotopic (exact) mass is 364 g/mol. The average Bonchev–Trinajstić information content (AvgIpc) is 2.95. The van der Waals surface area contributed by atoms with Gasteiger partial charge in [0, 0.05) is 17.2 Å². The molecule has 3 rings (SSSR count). The first-order valence-corrected chi connectivity index (χ1v) is 8.54. The van der Waals surface area contributed by atoms with Gasteiger partial charge in [-0.25, -0.2) is 9.79 Å². The summed E-state index contributed by atoms with van der Waals surface area (Å²) in [7, 11) is 0. The molecule has 0 bridgehead atoms. The molecule has 6 heteroatoms. The zero-order valence-corrected chi connectivity index (χ0v) is 15.6. The van der Waals surface area contributed by atoms with Crippen LogP contribution in [-0.4, -0.2) is 16.8 Å². The smallest absolute Gasteiger partial charge is 0.363 e. The van der Waals surface area contributed by atoms with Gasteiger partial charge in [-0.1, -0.05) is 51.1 Å². The van der Waals surface area contributed by atoms with Crippen LogP contribution in [0.4, 0.5) is 5.69 Å². The predicted molar refractivity (Wildman–Crippen MR) is 104 cm³/mol. The molecule has 0 aliphatic carbocycles. The Labute approximate surface area is 157 Å². The Morgan fingerprint density at radius 3 is 2.37 bits per heavy atom. The molecule has 0 N–H and O–H groups in total. The molecule has 138 valence electrons. The van der Waals surface area contributed by atoms with Gasteiger partial charge in [-0.15, -0.1) is 0 Å². The number of carbonyl (C=O) groups is 1. The normalized spacial score (nSPS) is 15.6. The summed E-state index contributed by atoms with van der Waals surface area (Å²) in [5.41, 5.74) is 3.11. The quantitative estimate of drug-likeness (QED) is 0.346. The molecule has 2 aromatic carbocycles. The second-order valence-electron chi connectivity index (χ2n) is 7.47. The van der Waals surface area contributed by atoms with E-state index in [1.165, 1.54) is 11.6 Å². The molecule has 0 saturated heterocycles. The van der Waals surface area contributed by atoms with Crippen LogP contribution in [0.15, 0.2) is 53.2 Å². The summed E-state index contributed by atoms with van der Waals surface area (Å²) in [5, 5.41) is 11.1. The van der Waals surface area contributed by atoms with Crippen molar-refractivity contribution < 1.29 is 14.5 Å². The molecule has 0 spiro atoms. The van der Waals surface area contributed by atoms with Crippen molar-refractivity contribution in [3.63, 3.8) is 0 Å². The summed E-state index contributed by atoms with van der Waals surface area (Å²) >= 11 is 0. The number of benzene rings is 2. The summed E-state index contributed by atoms with van der Waals surface area (Å²) in [4.78, 5) is 27.0. The topological polar surface area (TPSA) is 81.8 Å². The Balaban J connectivity index is 1.91. The van der Waals surface area contributed by atoms with Gasteiger partial charge >= 0.3 is 5.97 Å². The van der Waals surface area contributed by atoms with Gasteiger partial charge in [0.2, 0.25) is 5.90 Å². The highest BCUT2D eigenvalue weighted by molar-refractivity contribution is 6.13. The SMILES string of the molecule is Cc1ccc(C2=N/C(=C\c3ccc(C(C)(C)C)cc3)C(=O)O2)cc1[N+](=O)[O-]. The molecule has 0 unspecified atom stereocenters. The van der Waals surface area contributed by atoms with Crippen LogP contribution in [0.2, 0.25) is 0 Å². The average molecular weight is 364 g/mol. The predicted octanol–water partition coefficient (Wildman–Crippen LogP) is 4.55. The van der Waals surface area contributed by atoms with E-state index in [-0.39, 0.29) is 22.7 Å². The van der Waals surface area contributed by atoms with Crippen molar-refractivity contribution in [3.05, 3.63) is 80.5 Å². The number of rotatable bonds is 3. The Morgan fingerprint density at radius 2 is 1.78 bits per heavy atom. The van der Waals surface area contributed by atoms with Crippen molar-refractivity contribution in [2.75, 3.05) is 0 Å². The van der Waals surface area contributed by atoms with Crippen molar-refractivity contribution in [1.82, 2.24) is 0 Å². The summed E-state index contributed by atoms with van der Waals surface area (Å²) < 4.78 is 5.20. The molecule has 0 aromatic heterocycles. The van der Waals surface area contributed by atoms with Gasteiger partial charge in [0.1, 0.15) is 0 Å². The number of hydrogen-bond acceptors (Lipinski definition) is 5. The Kier molecular flexibility index (Phi) is 4.66. The molecular weight excluding hydrogens is 344 g/mol. The third-order valence-electron chi connectivity index (χ3n) is 4.35. The number of ether oxygens (including phenoxy) is 1. The highest BCUT2D eigenvalue weighted by Gasteiger charge is 2.26. The van der Waals surface area contributed by atoms with Crippen molar-refractivity contribution >= 4 is 23.6 Å². The minimum absolute atomic E-state index is 0.0403. The standard InChI is InChI=1S/C21H20N2O4/c1-13-5-8-15(12-18(13)23(25)26)19-22-17(20(24)27-19)11-14-6-9-16(10-7-14)21(2,3)4/h5-12H,1-4H3/b17-11-. The zero-order valence-electron chi connectivity index (χ0n) is 15.6. The molecule has 1 aliphatic rings. The van der Waals surface area contributed by atoms with Gasteiger partial charge < -0.3 is 4.74 Å². The molecule has 27 heavy (non-hydrogen) atoms. The van der Waals surface area contributed by atoms with E-state index in [9.17, 15) is 14.9 Å². The van der Waals surface area contributed by atoms with Crippen molar-refractivity contribution in [2.24, 2.45) is 4.99 Å². The third-order valence-corrected chi connectivity index (χ3v) is 4.35. The Morgan fingerprint density at radius 1 is 1.11 bits per heavy atom. The van der Waals surface area contributed by atoms with E-state index in [1.807, 2.05) is 24.3 Å². The van der Waals surface area contributed by atoms with Gasteiger partial charge in [-0.3, -0.25) is 10.1 Å². The minimum Gasteiger partial charge on any atom is -0.402 e. The fourth-order valence-electron chi connectivity index (χ4n) is 2.71. The lowest BCUT2D eigenvalue weighted by molar-refractivity contribution is -0.385. The van der Waals surface area contributed by atoms with E-state index in [0.717, 1.165) is 5.56 Å². The van der Waals surface area contributed by atoms with Crippen LogP contribution in [0.25, 0.3) is 6.08 Å². The molecule has 0 amide bonds. The minimum atomic E-state index is -0.576. The van der Waals surface area contributed by atoms with E-state index in [2.05, 4.69) is 25.8 Å². The summed E-state index contributed by atoms with van der Waals surface area (Å²) in [6, 6.07) is 12.5. The molecule has 1 aliphatic heterocycles. The molecule has 0 fully saturated rings. The van der Waals surface area contributed by atoms with Gasteiger partial charge in [0.25, 0.3) is 5.69 Å². The number of aryl methyl sites for hydroxylation is 1. The van der Waals surface area contributed by atoms with E-state index in [0.29, 0.717) is 11.1 Å². The van der Waals surface area contributed by atoms with Crippen molar-refractivity contribution in [2.45, 2.75) is 33.1 Å².